The molecular weight excluding hydrogens is 430 g/mol. The fourth-order valence-electron chi connectivity index (χ4n) is 3.18. The van der Waals surface area contributed by atoms with Crippen molar-refractivity contribution in [1.29, 1.82) is 0 Å². The number of nitrogens with one attached hydrogen (secondary N) is 2. The topological polar surface area (TPSA) is 69.2 Å². The fourth-order valence-corrected chi connectivity index (χ4v) is 3.51. The SMILES string of the molecule is CN1CCN(c2ccc(Nc3ncc(Br)c(NCc4ccccn4)n3)cc2)CC1. The summed E-state index contributed by atoms with van der Waals surface area (Å²) >= 11 is 3.50. The molecule has 2 N–H and O–H groups in total. The molecule has 150 valence electrons. The van der Waals surface area contributed by atoms with E-state index < -0.39 is 0 Å². The van der Waals surface area contributed by atoms with Gasteiger partial charge in [0.2, 0.25) is 5.95 Å². The molecule has 0 bridgehead atoms. The molecule has 0 atom stereocenters. The smallest absolute Gasteiger partial charge is 0.229 e. The van der Waals surface area contributed by atoms with Crippen LogP contribution in [0, 0.1) is 0 Å². The van der Waals surface area contributed by atoms with Crippen molar-refractivity contribution in [1.82, 2.24) is 19.9 Å². The van der Waals surface area contributed by atoms with E-state index in [9.17, 15) is 0 Å². The number of anilines is 4. The Labute approximate surface area is 179 Å². The molecule has 0 radical (unpaired) electrons. The molecule has 0 unspecified atom stereocenters. The average molecular weight is 454 g/mol. The van der Waals surface area contributed by atoms with E-state index in [4.69, 9.17) is 0 Å². The van der Waals surface area contributed by atoms with E-state index in [1.165, 1.54) is 5.69 Å². The fraction of sp³-hybridized carbons (Fsp3) is 0.286. The Balaban J connectivity index is 1.40. The van der Waals surface area contributed by atoms with Crippen LogP contribution in [0.1, 0.15) is 5.69 Å². The minimum atomic E-state index is 0.545. The number of rotatable bonds is 6. The molecule has 0 spiro atoms. The standard InChI is InChI=1S/C21H24BrN7/c1-28-10-12-29(13-11-28)18-7-5-16(6-8-18)26-21-25-15-19(22)20(27-21)24-14-17-4-2-3-9-23-17/h2-9,15H,10-14H2,1H3,(H2,24,25,26,27). The number of likely N-dealkylation sites (N-methyl/N-ethyl adjacent to an activating group) is 1. The molecule has 2 aromatic heterocycles. The van der Waals surface area contributed by atoms with E-state index >= 15 is 0 Å². The van der Waals surface area contributed by atoms with Crippen molar-refractivity contribution in [3.63, 3.8) is 0 Å². The second kappa shape index (κ2) is 9.19. The van der Waals surface area contributed by atoms with Gasteiger partial charge in [0.05, 0.1) is 16.7 Å². The number of halogens is 1. The maximum Gasteiger partial charge on any atom is 0.229 e. The zero-order chi connectivity index (χ0) is 20.1. The highest BCUT2D eigenvalue weighted by molar-refractivity contribution is 9.10. The number of hydrogen-bond donors (Lipinski definition) is 2. The van der Waals surface area contributed by atoms with Gasteiger partial charge in [-0.3, -0.25) is 4.98 Å². The van der Waals surface area contributed by atoms with Crippen molar-refractivity contribution in [2.45, 2.75) is 6.54 Å². The monoisotopic (exact) mass is 453 g/mol. The molecule has 0 saturated carbocycles. The Morgan fingerprint density at radius 1 is 1.00 bits per heavy atom. The third kappa shape index (κ3) is 5.21. The van der Waals surface area contributed by atoms with Gasteiger partial charge in [0.1, 0.15) is 5.82 Å². The first-order valence-electron chi connectivity index (χ1n) is 9.64. The molecule has 3 heterocycles. The van der Waals surface area contributed by atoms with Crippen molar-refractivity contribution in [3.8, 4) is 0 Å². The van der Waals surface area contributed by atoms with Crippen LogP contribution in [0.5, 0.6) is 0 Å². The molecule has 4 rings (SSSR count). The van der Waals surface area contributed by atoms with Crippen LogP contribution in [-0.4, -0.2) is 53.1 Å². The van der Waals surface area contributed by atoms with Gasteiger partial charge >= 0.3 is 0 Å². The number of nitrogens with zero attached hydrogens (tertiary/aromatic N) is 5. The number of pyridine rings is 1. The number of benzene rings is 1. The number of piperazine rings is 1. The third-order valence-corrected chi connectivity index (χ3v) is 5.48. The lowest BCUT2D eigenvalue weighted by molar-refractivity contribution is 0.313. The second-order valence-corrected chi connectivity index (χ2v) is 7.88. The molecule has 1 aliphatic heterocycles. The summed E-state index contributed by atoms with van der Waals surface area (Å²) in [5.74, 6) is 1.27. The van der Waals surface area contributed by atoms with Gasteiger partial charge in [0.25, 0.3) is 0 Å². The average Bonchev–Trinajstić information content (AvgIpc) is 2.76. The molecule has 29 heavy (non-hydrogen) atoms. The maximum atomic E-state index is 4.58. The Morgan fingerprint density at radius 2 is 1.79 bits per heavy atom. The molecule has 8 heteroatoms. The molecular formula is C21H24BrN7. The summed E-state index contributed by atoms with van der Waals surface area (Å²) in [7, 11) is 2.17. The summed E-state index contributed by atoms with van der Waals surface area (Å²) in [6.07, 6.45) is 3.53. The summed E-state index contributed by atoms with van der Waals surface area (Å²) in [5.41, 5.74) is 3.16. The van der Waals surface area contributed by atoms with Gasteiger partial charge in [-0.25, -0.2) is 4.98 Å². The van der Waals surface area contributed by atoms with Gasteiger partial charge in [-0.15, -0.1) is 0 Å². The first-order chi connectivity index (χ1) is 14.2. The van der Waals surface area contributed by atoms with Gasteiger partial charge in [0.15, 0.2) is 0 Å². The Hall–Kier alpha value is -2.71. The quantitative estimate of drug-likeness (QED) is 0.588. The van der Waals surface area contributed by atoms with Crippen LogP contribution in [0.25, 0.3) is 0 Å². The van der Waals surface area contributed by atoms with Gasteiger partial charge < -0.3 is 20.4 Å². The predicted molar refractivity (Wildman–Crippen MR) is 121 cm³/mol. The summed E-state index contributed by atoms with van der Waals surface area (Å²) in [6, 6.07) is 14.3. The zero-order valence-corrected chi connectivity index (χ0v) is 17.9. The summed E-state index contributed by atoms with van der Waals surface area (Å²) in [5, 5.41) is 6.58. The molecule has 1 aliphatic rings. The molecule has 0 aliphatic carbocycles. The zero-order valence-electron chi connectivity index (χ0n) is 16.3. The first kappa shape index (κ1) is 19.6. The Morgan fingerprint density at radius 3 is 2.52 bits per heavy atom. The Bertz CT molecular complexity index is 926. The summed E-state index contributed by atoms with van der Waals surface area (Å²) in [4.78, 5) is 18.0. The van der Waals surface area contributed by atoms with E-state index in [0.29, 0.717) is 12.5 Å². The van der Waals surface area contributed by atoms with Gasteiger partial charge in [0, 0.05) is 49.9 Å². The molecule has 1 aromatic carbocycles. The van der Waals surface area contributed by atoms with Crippen LogP contribution < -0.4 is 15.5 Å². The minimum Gasteiger partial charge on any atom is -0.369 e. The third-order valence-electron chi connectivity index (χ3n) is 4.90. The van der Waals surface area contributed by atoms with Crippen molar-refractivity contribution in [2.75, 3.05) is 48.8 Å². The largest absolute Gasteiger partial charge is 0.369 e. The summed E-state index contributed by atoms with van der Waals surface area (Å²) in [6.45, 7) is 4.91. The lowest BCUT2D eigenvalue weighted by Gasteiger charge is -2.34. The molecule has 7 nitrogen and oxygen atoms in total. The van der Waals surface area contributed by atoms with E-state index in [0.717, 1.165) is 47.9 Å². The lowest BCUT2D eigenvalue weighted by atomic mass is 10.2. The van der Waals surface area contributed by atoms with Crippen molar-refractivity contribution in [2.24, 2.45) is 0 Å². The van der Waals surface area contributed by atoms with Crippen LogP contribution in [0.15, 0.2) is 59.3 Å². The predicted octanol–water partition coefficient (Wildman–Crippen LogP) is 3.74. The van der Waals surface area contributed by atoms with Gasteiger partial charge in [-0.1, -0.05) is 6.07 Å². The first-order valence-corrected chi connectivity index (χ1v) is 10.4. The number of hydrogen-bond acceptors (Lipinski definition) is 7. The highest BCUT2D eigenvalue weighted by Crippen LogP contribution is 2.24. The Kier molecular flexibility index (Phi) is 6.21. The van der Waals surface area contributed by atoms with E-state index in [1.54, 1.807) is 12.4 Å². The van der Waals surface area contributed by atoms with Crippen LogP contribution >= 0.6 is 15.9 Å². The van der Waals surface area contributed by atoms with Gasteiger partial charge in [-0.05, 0) is 59.4 Å². The summed E-state index contributed by atoms with van der Waals surface area (Å²) < 4.78 is 0.810. The molecule has 0 amide bonds. The van der Waals surface area contributed by atoms with Crippen molar-refractivity contribution >= 4 is 39.1 Å². The van der Waals surface area contributed by atoms with Crippen LogP contribution in [-0.2, 0) is 6.54 Å². The molecule has 3 aromatic rings. The van der Waals surface area contributed by atoms with Crippen molar-refractivity contribution < 1.29 is 0 Å². The maximum absolute atomic E-state index is 4.58. The lowest BCUT2D eigenvalue weighted by Crippen LogP contribution is -2.44. The normalized spacial score (nSPS) is 14.6. The molecule has 1 fully saturated rings. The van der Waals surface area contributed by atoms with E-state index in [1.807, 2.05) is 18.2 Å². The minimum absolute atomic E-state index is 0.545. The van der Waals surface area contributed by atoms with E-state index in [2.05, 4.69) is 82.6 Å². The highest BCUT2D eigenvalue weighted by Gasteiger charge is 2.14. The van der Waals surface area contributed by atoms with Crippen LogP contribution in [0.4, 0.5) is 23.1 Å². The highest BCUT2D eigenvalue weighted by atomic mass is 79.9. The second-order valence-electron chi connectivity index (χ2n) is 7.03. The van der Waals surface area contributed by atoms with Crippen molar-refractivity contribution in [3.05, 3.63) is 65.0 Å². The van der Waals surface area contributed by atoms with Gasteiger partial charge in [-0.2, -0.15) is 4.98 Å². The number of aromatic nitrogens is 3. The molecule has 1 saturated heterocycles. The van der Waals surface area contributed by atoms with Crippen LogP contribution in [0.3, 0.4) is 0 Å². The van der Waals surface area contributed by atoms with Crippen LogP contribution in [0.2, 0.25) is 0 Å². The van der Waals surface area contributed by atoms with E-state index in [-0.39, 0.29) is 0 Å².